The maximum Gasteiger partial charge on any atom is 0.417 e. The molecule has 29 heavy (non-hydrogen) atoms. The number of nitrogens with zero attached hydrogens (tertiary/aromatic N) is 6. The molecular weight excluding hydrogens is 385 g/mol. The van der Waals surface area contributed by atoms with Crippen LogP contribution in [0.5, 0.6) is 0 Å². The molecular formula is C19H23F3N6O. The molecule has 0 aliphatic carbocycles. The van der Waals surface area contributed by atoms with Gasteiger partial charge in [0.15, 0.2) is 0 Å². The van der Waals surface area contributed by atoms with E-state index in [1.165, 1.54) is 11.0 Å². The van der Waals surface area contributed by atoms with Crippen molar-refractivity contribution >= 4 is 11.7 Å². The molecule has 0 radical (unpaired) electrons. The molecule has 0 aromatic carbocycles. The van der Waals surface area contributed by atoms with Gasteiger partial charge in [0, 0.05) is 45.5 Å². The number of amides is 1. The van der Waals surface area contributed by atoms with Crippen LogP contribution < -0.4 is 4.90 Å². The Bertz CT molecular complexity index is 735. The van der Waals surface area contributed by atoms with Gasteiger partial charge in [0.1, 0.15) is 5.82 Å². The molecule has 0 unspecified atom stereocenters. The molecule has 0 bridgehead atoms. The van der Waals surface area contributed by atoms with Gasteiger partial charge in [-0.1, -0.05) is 0 Å². The van der Waals surface area contributed by atoms with Crippen molar-refractivity contribution in [1.82, 2.24) is 14.8 Å². The lowest BCUT2D eigenvalue weighted by molar-refractivity contribution is -0.137. The number of rotatable bonds is 7. The number of hydrogen-bond donors (Lipinski definition) is 0. The maximum absolute atomic E-state index is 12.7. The second-order valence-corrected chi connectivity index (χ2v) is 6.72. The Morgan fingerprint density at radius 3 is 2.34 bits per heavy atom. The van der Waals surface area contributed by atoms with Crippen LogP contribution in [0.2, 0.25) is 0 Å². The smallest absolute Gasteiger partial charge is 0.355 e. The van der Waals surface area contributed by atoms with Crippen LogP contribution in [0.15, 0.2) is 18.3 Å². The molecule has 2 rings (SSSR count). The van der Waals surface area contributed by atoms with Gasteiger partial charge in [-0.3, -0.25) is 9.69 Å². The summed E-state index contributed by atoms with van der Waals surface area (Å²) in [6.45, 7) is 3.20. The number of aromatic nitrogens is 1. The summed E-state index contributed by atoms with van der Waals surface area (Å²) in [5, 5.41) is 17.5. The predicted octanol–water partition coefficient (Wildman–Crippen LogP) is 2.27. The van der Waals surface area contributed by atoms with E-state index in [1.807, 2.05) is 21.9 Å². The van der Waals surface area contributed by atoms with E-state index in [0.717, 1.165) is 18.7 Å². The summed E-state index contributed by atoms with van der Waals surface area (Å²) < 4.78 is 38.1. The van der Waals surface area contributed by atoms with Crippen LogP contribution in [-0.2, 0) is 11.0 Å². The average Bonchev–Trinajstić information content (AvgIpc) is 2.93. The second kappa shape index (κ2) is 10.6. The molecule has 10 heteroatoms. The first-order chi connectivity index (χ1) is 13.8. The van der Waals surface area contributed by atoms with Gasteiger partial charge in [-0.2, -0.15) is 23.7 Å². The molecule has 1 aliphatic rings. The summed E-state index contributed by atoms with van der Waals surface area (Å²) in [6.07, 6.45) is -2.41. The van der Waals surface area contributed by atoms with Crippen LogP contribution in [0.4, 0.5) is 19.0 Å². The highest BCUT2D eigenvalue weighted by Gasteiger charge is 2.31. The lowest BCUT2D eigenvalue weighted by Crippen LogP contribution is -2.42. The molecule has 1 amide bonds. The minimum atomic E-state index is -4.41. The lowest BCUT2D eigenvalue weighted by Gasteiger charge is -2.26. The molecule has 0 N–H and O–H groups in total. The van der Waals surface area contributed by atoms with Crippen molar-refractivity contribution in [3.05, 3.63) is 23.9 Å². The Labute approximate surface area is 167 Å². The molecule has 1 fully saturated rings. The molecule has 1 aliphatic heterocycles. The number of carbonyl (C=O) groups is 1. The fourth-order valence-electron chi connectivity index (χ4n) is 3.12. The van der Waals surface area contributed by atoms with Gasteiger partial charge in [0.2, 0.25) is 5.91 Å². The van der Waals surface area contributed by atoms with Crippen LogP contribution in [-0.4, -0.2) is 66.5 Å². The van der Waals surface area contributed by atoms with E-state index >= 15 is 0 Å². The topological polar surface area (TPSA) is 87.3 Å². The largest absolute Gasteiger partial charge is 0.417 e. The van der Waals surface area contributed by atoms with Crippen molar-refractivity contribution in [2.45, 2.75) is 25.4 Å². The van der Waals surface area contributed by atoms with Crippen LogP contribution in [0.25, 0.3) is 0 Å². The van der Waals surface area contributed by atoms with Crippen molar-refractivity contribution in [3.63, 3.8) is 0 Å². The zero-order valence-corrected chi connectivity index (χ0v) is 16.0. The first-order valence-corrected chi connectivity index (χ1v) is 9.37. The minimum absolute atomic E-state index is 0.128. The zero-order chi connectivity index (χ0) is 21.3. The molecule has 156 valence electrons. The molecule has 1 aromatic heterocycles. The fraction of sp³-hybridized carbons (Fsp3) is 0.579. The third-order valence-electron chi connectivity index (χ3n) is 4.69. The molecule has 2 heterocycles. The summed E-state index contributed by atoms with van der Waals surface area (Å²) in [7, 11) is 0. The van der Waals surface area contributed by atoms with Gasteiger partial charge in [-0.25, -0.2) is 4.98 Å². The Kier molecular flexibility index (Phi) is 8.22. The van der Waals surface area contributed by atoms with Crippen LogP contribution in [0.1, 0.15) is 24.8 Å². The monoisotopic (exact) mass is 408 g/mol. The number of carbonyl (C=O) groups excluding carboxylic acids is 1. The zero-order valence-electron chi connectivity index (χ0n) is 16.0. The summed E-state index contributed by atoms with van der Waals surface area (Å²) in [4.78, 5) is 21.9. The molecule has 0 saturated carbocycles. The summed E-state index contributed by atoms with van der Waals surface area (Å²) >= 11 is 0. The van der Waals surface area contributed by atoms with Crippen molar-refractivity contribution in [2.75, 3.05) is 50.7 Å². The second-order valence-electron chi connectivity index (χ2n) is 6.72. The van der Waals surface area contributed by atoms with E-state index in [4.69, 9.17) is 10.5 Å². The Hall–Kier alpha value is -2.85. The fourth-order valence-corrected chi connectivity index (χ4v) is 3.12. The van der Waals surface area contributed by atoms with Crippen molar-refractivity contribution in [3.8, 4) is 12.1 Å². The summed E-state index contributed by atoms with van der Waals surface area (Å²) in [5.74, 6) is 0.354. The number of nitriles is 2. The first-order valence-electron chi connectivity index (χ1n) is 9.37. The molecule has 0 spiro atoms. The third kappa shape index (κ3) is 6.91. The van der Waals surface area contributed by atoms with Crippen LogP contribution in [0.3, 0.4) is 0 Å². The Morgan fingerprint density at radius 1 is 1.10 bits per heavy atom. The Balaban J connectivity index is 1.92. The number of hydrogen-bond acceptors (Lipinski definition) is 6. The van der Waals surface area contributed by atoms with Crippen molar-refractivity contribution in [2.24, 2.45) is 0 Å². The maximum atomic E-state index is 12.7. The SMILES string of the molecule is N#CCCN(CCC#N)C(=O)CN1CCCN(c2ccc(C(F)(F)F)cn2)CC1. The highest BCUT2D eigenvalue weighted by Crippen LogP contribution is 2.29. The van der Waals surface area contributed by atoms with E-state index in [0.29, 0.717) is 45.1 Å². The van der Waals surface area contributed by atoms with Gasteiger partial charge in [-0.15, -0.1) is 0 Å². The minimum Gasteiger partial charge on any atom is -0.355 e. The van der Waals surface area contributed by atoms with Crippen LogP contribution in [0, 0.1) is 22.7 Å². The van der Waals surface area contributed by atoms with E-state index in [9.17, 15) is 18.0 Å². The van der Waals surface area contributed by atoms with E-state index < -0.39 is 11.7 Å². The van der Waals surface area contributed by atoms with Crippen molar-refractivity contribution < 1.29 is 18.0 Å². The van der Waals surface area contributed by atoms with E-state index in [-0.39, 0.29) is 25.3 Å². The number of alkyl halides is 3. The van der Waals surface area contributed by atoms with Gasteiger partial charge in [-0.05, 0) is 18.6 Å². The number of pyridine rings is 1. The van der Waals surface area contributed by atoms with Crippen LogP contribution >= 0.6 is 0 Å². The number of anilines is 1. The lowest BCUT2D eigenvalue weighted by atomic mass is 10.2. The van der Waals surface area contributed by atoms with Crippen molar-refractivity contribution in [1.29, 1.82) is 10.5 Å². The highest BCUT2D eigenvalue weighted by molar-refractivity contribution is 5.78. The third-order valence-corrected chi connectivity index (χ3v) is 4.69. The first kappa shape index (κ1) is 22.4. The summed E-state index contributed by atoms with van der Waals surface area (Å²) in [6, 6.07) is 6.41. The number of halogens is 3. The molecule has 1 saturated heterocycles. The van der Waals surface area contributed by atoms with E-state index in [2.05, 4.69) is 4.98 Å². The Morgan fingerprint density at radius 2 is 1.79 bits per heavy atom. The van der Waals surface area contributed by atoms with Gasteiger partial charge in [0.25, 0.3) is 0 Å². The molecule has 1 aromatic rings. The average molecular weight is 408 g/mol. The van der Waals surface area contributed by atoms with E-state index in [1.54, 1.807) is 0 Å². The van der Waals surface area contributed by atoms with Gasteiger partial charge < -0.3 is 9.80 Å². The molecule has 7 nitrogen and oxygen atoms in total. The summed E-state index contributed by atoms with van der Waals surface area (Å²) in [5.41, 5.74) is -0.780. The highest BCUT2D eigenvalue weighted by atomic mass is 19.4. The molecule has 0 atom stereocenters. The standard InChI is InChI=1S/C19H23F3N6O/c20-19(21,22)16-4-5-17(25-14-16)27-11-3-8-26(12-13-27)15-18(29)28(9-1-6-23)10-2-7-24/h4-5,14H,1-3,8-13,15H2. The van der Waals surface area contributed by atoms with Gasteiger partial charge >= 0.3 is 6.18 Å². The van der Waals surface area contributed by atoms with Gasteiger partial charge in [0.05, 0.1) is 37.1 Å². The quantitative estimate of drug-likeness (QED) is 0.688. The predicted molar refractivity (Wildman–Crippen MR) is 99.5 cm³/mol. The normalized spacial score (nSPS) is 15.3.